The molecule has 1 aliphatic carbocycles. The molecule has 0 fully saturated rings. The molecule has 0 atom stereocenters. The van der Waals surface area contributed by atoms with Gasteiger partial charge in [0, 0.05) is 27.8 Å². The Morgan fingerprint density at radius 3 is 1.59 bits per heavy atom. The summed E-state index contributed by atoms with van der Waals surface area (Å²) in [6.45, 7) is 29.6. The number of nitrogens with zero attached hydrogens (tertiary/aromatic N) is 1. The Kier molecular flexibility index (Phi) is 9.12. The number of aryl methyl sites for hydroxylation is 2. The van der Waals surface area contributed by atoms with Gasteiger partial charge in [-0.2, -0.15) is 0 Å². The van der Waals surface area contributed by atoms with Crippen LogP contribution in [-0.4, -0.2) is 6.71 Å². The molecule has 0 saturated carbocycles. The van der Waals surface area contributed by atoms with E-state index in [1.54, 1.807) is 0 Å². The maximum absolute atomic E-state index is 7.66. The Morgan fingerprint density at radius 1 is 0.492 bits per heavy atom. The van der Waals surface area contributed by atoms with E-state index >= 15 is 0 Å². The minimum absolute atomic E-state index is 0.00820. The van der Waals surface area contributed by atoms with Crippen molar-refractivity contribution in [2.75, 3.05) is 4.90 Å². The Balaban J connectivity index is 1.33. The number of ether oxygens (including phenoxy) is 2. The highest BCUT2D eigenvalue weighted by Crippen LogP contribution is 2.58. The summed E-state index contributed by atoms with van der Waals surface area (Å²) in [7, 11) is 0. The third kappa shape index (κ3) is 6.71. The van der Waals surface area contributed by atoms with E-state index in [1.807, 2.05) is 0 Å². The van der Waals surface area contributed by atoms with Crippen LogP contribution in [0.3, 0.4) is 0 Å². The smallest absolute Gasteiger partial charge is 0.260 e. The average Bonchev–Trinajstić information content (AvgIpc) is 3.45. The monoisotopic (exact) mass is 825 g/mol. The lowest BCUT2D eigenvalue weighted by Gasteiger charge is -2.38. The lowest BCUT2D eigenvalue weighted by Crippen LogP contribution is -2.58. The quantitative estimate of drug-likeness (QED) is 0.165. The SMILES string of the molecule is Cc1cc(C)cc(-c2cc3c4c(c2)Oc2c(cc5c(c2N(c2ccc(C(C)(C)C)cc2)c2ccc(C(C)(C)C)cc2)-c2ccccc2C5(C)C)B4c2cc(C(C)(C)C)ccc2O3)c1. The van der Waals surface area contributed by atoms with Crippen LogP contribution in [0.4, 0.5) is 17.1 Å². The zero-order chi connectivity index (χ0) is 44.5. The predicted octanol–water partition coefficient (Wildman–Crippen LogP) is 14.4. The Bertz CT molecular complexity index is 2910. The molecule has 7 aromatic rings. The van der Waals surface area contributed by atoms with Crippen LogP contribution < -0.4 is 30.8 Å². The molecule has 3 nitrogen and oxygen atoms in total. The average molecular weight is 826 g/mol. The maximum atomic E-state index is 7.66. The van der Waals surface area contributed by atoms with Crippen molar-refractivity contribution < 1.29 is 9.47 Å². The van der Waals surface area contributed by atoms with Crippen LogP contribution in [-0.2, 0) is 21.7 Å². The van der Waals surface area contributed by atoms with E-state index in [4.69, 9.17) is 9.47 Å². The Morgan fingerprint density at radius 2 is 1.02 bits per heavy atom. The molecule has 316 valence electrons. The van der Waals surface area contributed by atoms with Gasteiger partial charge in [0.2, 0.25) is 0 Å². The first-order chi connectivity index (χ1) is 29.7. The van der Waals surface area contributed by atoms with Gasteiger partial charge in [-0.1, -0.05) is 172 Å². The van der Waals surface area contributed by atoms with Gasteiger partial charge in [-0.15, -0.1) is 0 Å². The lowest BCUT2D eigenvalue weighted by molar-refractivity contribution is 0.465. The second-order valence-corrected chi connectivity index (χ2v) is 22.1. The van der Waals surface area contributed by atoms with Gasteiger partial charge in [-0.25, -0.2) is 0 Å². The van der Waals surface area contributed by atoms with Crippen molar-refractivity contribution in [1.82, 2.24) is 0 Å². The van der Waals surface area contributed by atoms with E-state index in [2.05, 4.69) is 222 Å². The van der Waals surface area contributed by atoms with E-state index in [9.17, 15) is 0 Å². The summed E-state index contributed by atoms with van der Waals surface area (Å²) < 4.78 is 14.7. The molecule has 0 saturated heterocycles. The first-order valence-corrected chi connectivity index (χ1v) is 22.8. The largest absolute Gasteiger partial charge is 0.458 e. The van der Waals surface area contributed by atoms with Crippen molar-refractivity contribution in [2.24, 2.45) is 0 Å². The summed E-state index contributed by atoms with van der Waals surface area (Å²) in [5.74, 6) is 3.47. The van der Waals surface area contributed by atoms with Crippen LogP contribution in [0, 0.1) is 13.8 Å². The van der Waals surface area contributed by atoms with Gasteiger partial charge in [-0.3, -0.25) is 0 Å². The van der Waals surface area contributed by atoms with Crippen molar-refractivity contribution >= 4 is 40.2 Å². The minimum atomic E-state index is -0.273. The maximum Gasteiger partial charge on any atom is 0.260 e. The highest BCUT2D eigenvalue weighted by molar-refractivity contribution is 6.98. The fourth-order valence-corrected chi connectivity index (χ4v) is 10.4. The molecule has 0 radical (unpaired) electrons. The lowest BCUT2D eigenvalue weighted by atomic mass is 9.34. The number of hydrogen-bond donors (Lipinski definition) is 0. The Labute approximate surface area is 376 Å². The van der Waals surface area contributed by atoms with E-state index in [-0.39, 0.29) is 28.4 Å². The molecular weight excluding hydrogens is 765 g/mol. The van der Waals surface area contributed by atoms with Crippen LogP contribution in [0.5, 0.6) is 23.0 Å². The van der Waals surface area contributed by atoms with Crippen LogP contribution in [0.25, 0.3) is 22.3 Å². The van der Waals surface area contributed by atoms with Crippen molar-refractivity contribution in [2.45, 2.75) is 112 Å². The second kappa shape index (κ2) is 14.0. The second-order valence-electron chi connectivity index (χ2n) is 22.1. The topological polar surface area (TPSA) is 21.7 Å². The molecule has 63 heavy (non-hydrogen) atoms. The summed E-state index contributed by atoms with van der Waals surface area (Å²) in [4.78, 5) is 2.49. The van der Waals surface area contributed by atoms with Gasteiger partial charge in [-0.05, 0) is 128 Å². The summed E-state index contributed by atoms with van der Waals surface area (Å²) in [5, 5.41) is 0. The molecule has 0 amide bonds. The zero-order valence-electron chi connectivity index (χ0n) is 39.5. The third-order valence-corrected chi connectivity index (χ3v) is 13.9. The summed E-state index contributed by atoms with van der Waals surface area (Å²) in [6.07, 6.45) is 0. The molecule has 0 unspecified atom stereocenters. The van der Waals surface area contributed by atoms with Crippen LogP contribution in [0.15, 0.2) is 127 Å². The van der Waals surface area contributed by atoms with Crippen LogP contribution >= 0.6 is 0 Å². The standard InChI is InChI=1S/C59H60BNO2/c1-35-28-36(2)30-37(29-35)38-31-50-53-51(32-38)63-55-48(60(53)47-33-41(58(9,10)11)22-27-49(47)62-50)34-46-52(44-16-14-15-17-45(44)59(46,12)13)54(55)61(42-23-18-39(19-24-42)56(3,4)5)43-25-20-40(21-26-43)57(6,7)8/h14-34H,1-13H3. The van der Waals surface area contributed by atoms with Gasteiger partial charge in [0.1, 0.15) is 23.0 Å². The highest BCUT2D eigenvalue weighted by Gasteiger charge is 2.47. The van der Waals surface area contributed by atoms with Crippen LogP contribution in [0.1, 0.15) is 115 Å². The number of fused-ring (bicyclic) bond motifs is 7. The molecule has 3 aliphatic rings. The molecule has 2 aliphatic heterocycles. The third-order valence-electron chi connectivity index (χ3n) is 13.9. The number of anilines is 3. The van der Waals surface area contributed by atoms with Crippen molar-refractivity contribution in [3.8, 4) is 45.3 Å². The zero-order valence-corrected chi connectivity index (χ0v) is 39.5. The Hall–Kier alpha value is -6.00. The van der Waals surface area contributed by atoms with E-state index in [0.29, 0.717) is 0 Å². The van der Waals surface area contributed by atoms with Crippen molar-refractivity contribution in [1.29, 1.82) is 0 Å². The predicted molar refractivity (Wildman–Crippen MR) is 267 cm³/mol. The molecule has 4 heteroatoms. The minimum Gasteiger partial charge on any atom is -0.458 e. The van der Waals surface area contributed by atoms with Gasteiger partial charge in [0.15, 0.2) is 0 Å². The summed E-state index contributed by atoms with van der Waals surface area (Å²) in [5.41, 5.74) is 20.0. The first kappa shape index (κ1) is 41.0. The fourth-order valence-electron chi connectivity index (χ4n) is 10.4. The molecule has 10 rings (SSSR count). The van der Waals surface area contributed by atoms with Crippen molar-refractivity contribution in [3.05, 3.63) is 166 Å². The van der Waals surface area contributed by atoms with Crippen molar-refractivity contribution in [3.63, 3.8) is 0 Å². The molecule has 0 aromatic heterocycles. The molecule has 0 bridgehead atoms. The number of rotatable bonds is 4. The molecule has 7 aromatic carbocycles. The molecule has 0 N–H and O–H groups in total. The fraction of sp³-hybridized carbons (Fsp3) is 0.288. The summed E-state index contributed by atoms with van der Waals surface area (Å²) >= 11 is 0. The number of benzene rings is 7. The van der Waals surface area contributed by atoms with E-state index in [1.165, 1.54) is 55.5 Å². The molecule has 2 heterocycles. The van der Waals surface area contributed by atoms with Gasteiger partial charge < -0.3 is 14.4 Å². The van der Waals surface area contributed by atoms with Gasteiger partial charge in [0.25, 0.3) is 6.71 Å². The van der Waals surface area contributed by atoms with Gasteiger partial charge in [0.05, 0.1) is 5.69 Å². The van der Waals surface area contributed by atoms with Gasteiger partial charge >= 0.3 is 0 Å². The highest BCUT2D eigenvalue weighted by atomic mass is 16.5. The van der Waals surface area contributed by atoms with E-state index in [0.717, 1.165) is 62.1 Å². The van der Waals surface area contributed by atoms with E-state index < -0.39 is 0 Å². The normalized spacial score (nSPS) is 14.5. The number of hydrogen-bond acceptors (Lipinski definition) is 3. The molecular formula is C59H60BNO2. The first-order valence-electron chi connectivity index (χ1n) is 22.8. The van der Waals surface area contributed by atoms with Crippen LogP contribution in [0.2, 0.25) is 0 Å². The summed E-state index contributed by atoms with van der Waals surface area (Å²) in [6, 6.07) is 48.1. The molecule has 0 spiro atoms.